The standard InChI is InChI=1S/C12H15N5O5/c13-8-4-1-2-15-10(4)17(11(16-8)9(14)21)12-7(20)6(19)5(3-18)22-12/h1-2,5-7,12-13,15,18-20H,3H2,(H2,14,21)/t5-,6+,7+,12+/m0/s1. The zero-order chi connectivity index (χ0) is 16.0. The van der Waals surface area contributed by atoms with E-state index in [1.165, 1.54) is 10.8 Å². The van der Waals surface area contributed by atoms with Crippen LogP contribution in [0, 0.1) is 5.41 Å². The van der Waals surface area contributed by atoms with Gasteiger partial charge in [-0.2, -0.15) is 0 Å². The van der Waals surface area contributed by atoms with Crippen LogP contribution in [0.5, 0.6) is 0 Å². The number of primary amides is 1. The number of carbonyl (C=O) groups is 1. The van der Waals surface area contributed by atoms with Crippen molar-refractivity contribution in [3.63, 3.8) is 0 Å². The van der Waals surface area contributed by atoms with Crippen molar-refractivity contribution in [2.45, 2.75) is 24.5 Å². The maximum absolute atomic E-state index is 11.6. The van der Waals surface area contributed by atoms with E-state index in [1.54, 1.807) is 6.07 Å². The van der Waals surface area contributed by atoms with Gasteiger partial charge in [-0.3, -0.25) is 14.8 Å². The second-order valence-electron chi connectivity index (χ2n) is 4.99. The zero-order valence-corrected chi connectivity index (χ0v) is 11.3. The van der Waals surface area contributed by atoms with Gasteiger partial charge >= 0.3 is 0 Å². The number of aliphatic hydroxyl groups is 3. The molecule has 2 aromatic heterocycles. The molecule has 3 rings (SSSR count). The summed E-state index contributed by atoms with van der Waals surface area (Å²) >= 11 is 0. The van der Waals surface area contributed by atoms with Crippen LogP contribution in [0.25, 0.3) is 11.0 Å². The van der Waals surface area contributed by atoms with Crippen LogP contribution >= 0.6 is 0 Å². The highest BCUT2D eigenvalue weighted by Crippen LogP contribution is 2.31. The predicted molar refractivity (Wildman–Crippen MR) is 71.5 cm³/mol. The monoisotopic (exact) mass is 309 g/mol. The van der Waals surface area contributed by atoms with E-state index >= 15 is 0 Å². The lowest BCUT2D eigenvalue weighted by Crippen LogP contribution is -2.35. The SMILES string of the molecule is N=c1nc(C(N)=O)n([C@@H]2O[C@@H](CO)[C@@H](O)[C@H]2O)c2[nH]ccc12. The van der Waals surface area contributed by atoms with Gasteiger partial charge in [-0.25, -0.2) is 4.98 Å². The summed E-state index contributed by atoms with van der Waals surface area (Å²) in [4.78, 5) is 18.3. The highest BCUT2D eigenvalue weighted by atomic mass is 16.6. The van der Waals surface area contributed by atoms with Gasteiger partial charge < -0.3 is 30.8 Å². The molecule has 7 N–H and O–H groups in total. The summed E-state index contributed by atoms with van der Waals surface area (Å²) < 4.78 is 6.61. The highest BCUT2D eigenvalue weighted by Gasteiger charge is 2.44. The average molecular weight is 309 g/mol. The van der Waals surface area contributed by atoms with Crippen LogP contribution in [0.15, 0.2) is 12.3 Å². The number of hydrogen-bond acceptors (Lipinski definition) is 7. The Morgan fingerprint density at radius 2 is 2.23 bits per heavy atom. The molecule has 1 fully saturated rings. The van der Waals surface area contributed by atoms with E-state index < -0.39 is 37.1 Å². The number of nitrogens with zero attached hydrogens (tertiary/aromatic N) is 2. The number of ether oxygens (including phenoxy) is 1. The van der Waals surface area contributed by atoms with Crippen molar-refractivity contribution in [2.75, 3.05) is 6.61 Å². The first-order valence-electron chi connectivity index (χ1n) is 6.52. The van der Waals surface area contributed by atoms with Gasteiger partial charge in [-0.15, -0.1) is 0 Å². The molecule has 118 valence electrons. The van der Waals surface area contributed by atoms with Crippen LogP contribution in [0.2, 0.25) is 0 Å². The number of rotatable bonds is 3. The quantitative estimate of drug-likeness (QED) is 0.367. The van der Waals surface area contributed by atoms with Gasteiger partial charge in [-0.05, 0) is 6.07 Å². The van der Waals surface area contributed by atoms with E-state index in [2.05, 4.69) is 9.97 Å². The molecule has 1 amide bonds. The molecule has 2 aromatic rings. The van der Waals surface area contributed by atoms with Crippen LogP contribution in [0.1, 0.15) is 16.8 Å². The van der Waals surface area contributed by atoms with Crippen LogP contribution in [-0.2, 0) is 4.74 Å². The minimum absolute atomic E-state index is 0.159. The first-order chi connectivity index (χ1) is 10.5. The fourth-order valence-electron chi connectivity index (χ4n) is 2.59. The first-order valence-corrected chi connectivity index (χ1v) is 6.52. The van der Waals surface area contributed by atoms with Crippen LogP contribution < -0.4 is 11.2 Å². The molecule has 0 radical (unpaired) electrons. The van der Waals surface area contributed by atoms with E-state index in [-0.39, 0.29) is 11.3 Å². The Morgan fingerprint density at radius 3 is 2.82 bits per heavy atom. The van der Waals surface area contributed by atoms with Crippen molar-refractivity contribution in [2.24, 2.45) is 5.73 Å². The van der Waals surface area contributed by atoms with Crippen molar-refractivity contribution in [3.8, 4) is 0 Å². The number of aromatic nitrogens is 3. The van der Waals surface area contributed by atoms with Gasteiger partial charge in [0.05, 0.1) is 12.0 Å². The highest BCUT2D eigenvalue weighted by molar-refractivity contribution is 5.91. The lowest BCUT2D eigenvalue weighted by molar-refractivity contribution is -0.0522. The van der Waals surface area contributed by atoms with Crippen molar-refractivity contribution in [1.82, 2.24) is 14.5 Å². The molecule has 1 saturated heterocycles. The maximum atomic E-state index is 11.6. The minimum Gasteiger partial charge on any atom is -0.394 e. The van der Waals surface area contributed by atoms with E-state index in [9.17, 15) is 15.0 Å². The second-order valence-corrected chi connectivity index (χ2v) is 4.99. The Bertz CT molecular complexity index is 784. The van der Waals surface area contributed by atoms with Crippen LogP contribution in [0.4, 0.5) is 0 Å². The number of nitrogens with one attached hydrogen (secondary N) is 2. The predicted octanol–water partition coefficient (Wildman–Crippen LogP) is -2.45. The van der Waals surface area contributed by atoms with Gasteiger partial charge in [0, 0.05) is 6.20 Å². The number of aromatic amines is 1. The molecule has 0 aliphatic carbocycles. The molecule has 10 nitrogen and oxygen atoms in total. The van der Waals surface area contributed by atoms with Crippen molar-refractivity contribution in [3.05, 3.63) is 23.6 Å². The number of aliphatic hydroxyl groups excluding tert-OH is 3. The molecule has 3 heterocycles. The fraction of sp³-hybridized carbons (Fsp3) is 0.417. The molecule has 0 unspecified atom stereocenters. The molecule has 1 aliphatic heterocycles. The third-order valence-corrected chi connectivity index (χ3v) is 3.66. The number of amides is 1. The topological polar surface area (TPSA) is 170 Å². The summed E-state index contributed by atoms with van der Waals surface area (Å²) in [6.45, 7) is -0.501. The minimum atomic E-state index is -1.40. The van der Waals surface area contributed by atoms with Gasteiger partial charge in [-0.1, -0.05) is 0 Å². The Hall–Kier alpha value is -2.27. The normalized spacial score (nSPS) is 28.3. The van der Waals surface area contributed by atoms with E-state index in [0.717, 1.165) is 0 Å². The van der Waals surface area contributed by atoms with Crippen LogP contribution in [0.3, 0.4) is 0 Å². The summed E-state index contributed by atoms with van der Waals surface area (Å²) in [5.74, 6) is -1.21. The van der Waals surface area contributed by atoms with E-state index in [1.807, 2.05) is 0 Å². The summed E-state index contributed by atoms with van der Waals surface area (Å²) in [6, 6.07) is 1.58. The molecule has 0 spiro atoms. The summed E-state index contributed by atoms with van der Waals surface area (Å²) in [6.07, 6.45) is -3.38. The summed E-state index contributed by atoms with van der Waals surface area (Å²) in [5, 5.41) is 37.4. The molecule has 0 aromatic carbocycles. The van der Waals surface area contributed by atoms with Gasteiger partial charge in [0.2, 0.25) is 5.82 Å². The third-order valence-electron chi connectivity index (χ3n) is 3.66. The molecule has 0 saturated carbocycles. The van der Waals surface area contributed by atoms with Crippen molar-refractivity contribution < 1.29 is 24.9 Å². The van der Waals surface area contributed by atoms with Crippen molar-refractivity contribution >= 4 is 16.9 Å². The lowest BCUT2D eigenvalue weighted by Gasteiger charge is -2.21. The van der Waals surface area contributed by atoms with E-state index in [0.29, 0.717) is 11.0 Å². The Kier molecular flexibility index (Phi) is 3.45. The largest absolute Gasteiger partial charge is 0.394 e. The summed E-state index contributed by atoms with van der Waals surface area (Å²) in [7, 11) is 0. The maximum Gasteiger partial charge on any atom is 0.284 e. The zero-order valence-electron chi connectivity index (χ0n) is 11.3. The lowest BCUT2D eigenvalue weighted by atomic mass is 10.1. The molecule has 10 heteroatoms. The average Bonchev–Trinajstić information content (AvgIpc) is 3.07. The van der Waals surface area contributed by atoms with Crippen molar-refractivity contribution in [1.29, 1.82) is 5.41 Å². The van der Waals surface area contributed by atoms with Gasteiger partial charge in [0.1, 0.15) is 24.0 Å². The number of H-pyrrole nitrogens is 1. The number of fused-ring (bicyclic) bond motifs is 1. The Balaban J connectivity index is 2.24. The molecular formula is C12H15N5O5. The first kappa shape index (κ1) is 14.7. The number of nitrogens with two attached hydrogens (primary N) is 1. The van der Waals surface area contributed by atoms with Gasteiger partial charge in [0.15, 0.2) is 11.7 Å². The number of hydrogen-bond donors (Lipinski definition) is 6. The second kappa shape index (κ2) is 5.18. The smallest absolute Gasteiger partial charge is 0.284 e. The molecular weight excluding hydrogens is 294 g/mol. The third kappa shape index (κ3) is 2.01. The van der Waals surface area contributed by atoms with Crippen LogP contribution in [-0.4, -0.2) is 60.7 Å². The summed E-state index contributed by atoms with van der Waals surface area (Å²) in [5.41, 5.74) is 5.43. The molecule has 1 aliphatic rings. The number of carbonyl (C=O) groups excluding carboxylic acids is 1. The Labute approximate surface area is 123 Å². The van der Waals surface area contributed by atoms with Gasteiger partial charge in [0.25, 0.3) is 5.91 Å². The molecule has 22 heavy (non-hydrogen) atoms. The Morgan fingerprint density at radius 1 is 1.50 bits per heavy atom. The molecule has 0 bridgehead atoms. The molecule has 4 atom stereocenters. The fourth-order valence-corrected chi connectivity index (χ4v) is 2.59. The van der Waals surface area contributed by atoms with E-state index in [4.69, 9.17) is 21.0 Å².